The van der Waals surface area contributed by atoms with Gasteiger partial charge in [0.05, 0.1) is 11.5 Å². The summed E-state index contributed by atoms with van der Waals surface area (Å²) < 4.78 is 68.1. The topological polar surface area (TPSA) is 63.5 Å². The Balaban J connectivity index is 2.36. The summed E-state index contributed by atoms with van der Waals surface area (Å²) in [5, 5.41) is 0. The molecule has 3 atom stereocenters. The first-order chi connectivity index (χ1) is 10.1. The van der Waals surface area contributed by atoms with Crippen molar-refractivity contribution in [3.8, 4) is 0 Å². The van der Waals surface area contributed by atoms with Crippen LogP contribution in [0.15, 0.2) is 29.2 Å². The second-order valence-electron chi connectivity index (χ2n) is 4.83. The van der Waals surface area contributed by atoms with Crippen LogP contribution in [0.3, 0.4) is 0 Å². The first-order valence-electron chi connectivity index (χ1n) is 6.44. The highest BCUT2D eigenvalue weighted by Gasteiger charge is 2.71. The molecule has 1 aliphatic heterocycles. The molecule has 5 nitrogen and oxygen atoms in total. The van der Waals surface area contributed by atoms with Crippen LogP contribution in [0, 0.1) is 6.92 Å². The molecule has 0 radical (unpaired) electrons. The predicted octanol–water partition coefficient (Wildman–Crippen LogP) is 1.86. The average Bonchev–Trinajstić information content (AvgIpc) is 3.15. The molecule has 1 aliphatic rings. The van der Waals surface area contributed by atoms with E-state index in [-0.39, 0.29) is 15.8 Å². The number of ether oxygens (including phenoxy) is 1. The molecule has 0 bridgehead atoms. The molecule has 0 N–H and O–H groups in total. The third-order valence-corrected chi connectivity index (χ3v) is 5.09. The van der Waals surface area contributed by atoms with E-state index < -0.39 is 34.3 Å². The van der Waals surface area contributed by atoms with Crippen molar-refractivity contribution in [2.45, 2.75) is 37.0 Å². The van der Waals surface area contributed by atoms with Crippen LogP contribution in [0.5, 0.6) is 0 Å². The average molecular weight is 337 g/mol. The van der Waals surface area contributed by atoms with Crippen LogP contribution in [0.1, 0.15) is 12.5 Å². The first kappa shape index (κ1) is 16.8. The van der Waals surface area contributed by atoms with Crippen LogP contribution in [0.2, 0.25) is 0 Å². The molecule has 0 aliphatic carbocycles. The number of halogens is 3. The summed E-state index contributed by atoms with van der Waals surface area (Å²) in [5.74, 6) is -1.19. The van der Waals surface area contributed by atoms with E-state index in [0.717, 1.165) is 5.56 Å². The third-order valence-electron chi connectivity index (χ3n) is 3.22. The van der Waals surface area contributed by atoms with E-state index in [1.165, 1.54) is 31.2 Å². The van der Waals surface area contributed by atoms with Crippen LogP contribution in [0.4, 0.5) is 13.2 Å². The molecule has 22 heavy (non-hydrogen) atoms. The van der Waals surface area contributed by atoms with Gasteiger partial charge in [-0.3, -0.25) is 4.79 Å². The predicted molar refractivity (Wildman–Crippen MR) is 70.5 cm³/mol. The minimum Gasteiger partial charge on any atom is -0.465 e. The number of rotatable bonds is 4. The third kappa shape index (κ3) is 2.95. The van der Waals surface area contributed by atoms with Crippen LogP contribution in [-0.4, -0.2) is 43.6 Å². The first-order valence-corrected chi connectivity index (χ1v) is 7.88. The fourth-order valence-corrected chi connectivity index (χ4v) is 3.83. The van der Waals surface area contributed by atoms with Crippen molar-refractivity contribution in [3.05, 3.63) is 29.8 Å². The van der Waals surface area contributed by atoms with Gasteiger partial charge in [-0.15, -0.1) is 0 Å². The number of nitrogens with zero attached hydrogens (tertiary/aromatic N) is 1. The van der Waals surface area contributed by atoms with Crippen LogP contribution >= 0.6 is 0 Å². The zero-order valence-electron chi connectivity index (χ0n) is 11.8. The van der Waals surface area contributed by atoms with Gasteiger partial charge in [0, 0.05) is 0 Å². The number of benzene rings is 1. The molecule has 2 rings (SSSR count). The Kier molecular flexibility index (Phi) is 4.22. The highest BCUT2D eigenvalue weighted by atomic mass is 32.2. The van der Waals surface area contributed by atoms with Crippen molar-refractivity contribution in [1.29, 1.82) is 0 Å². The molecule has 1 fully saturated rings. The molecule has 0 aromatic heterocycles. The van der Waals surface area contributed by atoms with Gasteiger partial charge in [-0.1, -0.05) is 17.7 Å². The maximum Gasteiger partial charge on any atom is 0.407 e. The van der Waals surface area contributed by atoms with Gasteiger partial charge < -0.3 is 4.74 Å². The summed E-state index contributed by atoms with van der Waals surface area (Å²) in [6, 6.07) is 1.12. The molecule has 0 amide bonds. The van der Waals surface area contributed by atoms with Gasteiger partial charge in [-0.2, -0.15) is 17.5 Å². The van der Waals surface area contributed by atoms with E-state index in [2.05, 4.69) is 4.74 Å². The van der Waals surface area contributed by atoms with Gasteiger partial charge in [0.15, 0.2) is 0 Å². The zero-order valence-corrected chi connectivity index (χ0v) is 12.6. The lowest BCUT2D eigenvalue weighted by molar-refractivity contribution is -0.149. The lowest BCUT2D eigenvalue weighted by Crippen LogP contribution is -2.25. The van der Waals surface area contributed by atoms with Crippen molar-refractivity contribution < 1.29 is 31.1 Å². The van der Waals surface area contributed by atoms with Crippen LogP contribution < -0.4 is 0 Å². The lowest BCUT2D eigenvalue weighted by Gasteiger charge is -2.08. The molecule has 1 aromatic carbocycles. The van der Waals surface area contributed by atoms with Gasteiger partial charge in [-0.25, -0.2) is 8.42 Å². The monoisotopic (exact) mass is 337 g/mol. The second kappa shape index (κ2) is 5.54. The maximum absolute atomic E-state index is 12.9. The molecule has 1 heterocycles. The highest BCUT2D eigenvalue weighted by Crippen LogP contribution is 2.45. The summed E-state index contributed by atoms with van der Waals surface area (Å²) in [5.41, 5.74) is 0.763. The molecule has 122 valence electrons. The van der Waals surface area contributed by atoms with Crippen molar-refractivity contribution in [1.82, 2.24) is 4.31 Å². The molecule has 1 unspecified atom stereocenters. The summed E-state index contributed by atoms with van der Waals surface area (Å²) in [7, 11) is -4.41. The second-order valence-corrected chi connectivity index (χ2v) is 6.67. The summed E-state index contributed by atoms with van der Waals surface area (Å²) in [6.45, 7) is 3.02. The Morgan fingerprint density at radius 3 is 2.27 bits per heavy atom. The molecule has 0 saturated carbocycles. The summed E-state index contributed by atoms with van der Waals surface area (Å²) >= 11 is 0. The standard InChI is InChI=1S/C13H14F3NO4S/c1-3-21-12(18)10-11(13(14,15)16)17(10)22(19,20)9-6-4-8(2)5-7-9/h4-7,10-11H,3H2,1-2H3/t10-,11+,17?/m1/s1. The van der Waals surface area contributed by atoms with Crippen molar-refractivity contribution in [3.63, 3.8) is 0 Å². The summed E-state index contributed by atoms with van der Waals surface area (Å²) in [6.07, 6.45) is -4.84. The highest BCUT2D eigenvalue weighted by molar-refractivity contribution is 7.89. The van der Waals surface area contributed by atoms with E-state index in [1.807, 2.05) is 0 Å². The molecule has 1 saturated heterocycles. The molecular weight excluding hydrogens is 323 g/mol. The SMILES string of the molecule is CCOC(=O)[C@H]1[C@@H](C(F)(F)F)N1S(=O)(=O)c1ccc(C)cc1. The molecule has 1 aromatic rings. The van der Waals surface area contributed by atoms with Crippen LogP contribution in [-0.2, 0) is 19.6 Å². The zero-order chi connectivity index (χ0) is 16.7. The molecule has 9 heteroatoms. The fraction of sp³-hybridized carbons (Fsp3) is 0.462. The van der Waals surface area contributed by atoms with E-state index >= 15 is 0 Å². The maximum atomic E-state index is 12.9. The Hall–Kier alpha value is -1.61. The quantitative estimate of drug-likeness (QED) is 0.621. The van der Waals surface area contributed by atoms with Gasteiger partial charge in [0.25, 0.3) is 0 Å². The minimum absolute atomic E-state index is 0.127. The van der Waals surface area contributed by atoms with E-state index in [4.69, 9.17) is 0 Å². The van der Waals surface area contributed by atoms with Gasteiger partial charge in [-0.05, 0) is 26.0 Å². The lowest BCUT2D eigenvalue weighted by atomic mass is 10.2. The number of alkyl halides is 3. The summed E-state index contributed by atoms with van der Waals surface area (Å²) in [4.78, 5) is 11.3. The number of hydrogen-bond acceptors (Lipinski definition) is 4. The van der Waals surface area contributed by atoms with E-state index in [9.17, 15) is 26.4 Å². The van der Waals surface area contributed by atoms with Crippen molar-refractivity contribution >= 4 is 16.0 Å². The molecular formula is C13H14F3NO4S. The number of carbonyl (C=O) groups is 1. The van der Waals surface area contributed by atoms with E-state index in [0.29, 0.717) is 0 Å². The van der Waals surface area contributed by atoms with Gasteiger partial charge >= 0.3 is 12.1 Å². The van der Waals surface area contributed by atoms with E-state index in [1.54, 1.807) is 6.92 Å². The Labute approximate surface area is 125 Å². The fourth-order valence-electron chi connectivity index (χ4n) is 2.13. The van der Waals surface area contributed by atoms with Crippen molar-refractivity contribution in [2.75, 3.05) is 6.61 Å². The number of esters is 1. The minimum atomic E-state index is -4.84. The van der Waals surface area contributed by atoms with Gasteiger partial charge in [0.2, 0.25) is 10.0 Å². The number of carbonyl (C=O) groups excluding carboxylic acids is 1. The Bertz CT molecular complexity index is 670. The number of sulfonamides is 1. The Morgan fingerprint density at radius 1 is 1.27 bits per heavy atom. The Morgan fingerprint density at radius 2 is 1.82 bits per heavy atom. The smallest absolute Gasteiger partial charge is 0.407 e. The number of hydrogen-bond donors (Lipinski definition) is 0. The largest absolute Gasteiger partial charge is 0.465 e. The van der Waals surface area contributed by atoms with Crippen molar-refractivity contribution in [2.24, 2.45) is 0 Å². The van der Waals surface area contributed by atoms with Gasteiger partial charge in [0.1, 0.15) is 12.1 Å². The number of aryl methyl sites for hydroxylation is 1. The molecule has 0 spiro atoms. The normalized spacial score (nSPS) is 24.9. The van der Waals surface area contributed by atoms with Crippen LogP contribution in [0.25, 0.3) is 0 Å².